The Morgan fingerprint density at radius 2 is 2.00 bits per heavy atom. The van der Waals surface area contributed by atoms with Crippen LogP contribution in [0.5, 0.6) is 5.75 Å². The van der Waals surface area contributed by atoms with Gasteiger partial charge in [-0.15, -0.1) is 0 Å². The van der Waals surface area contributed by atoms with Crippen molar-refractivity contribution in [3.05, 3.63) is 58.3 Å². The maximum Gasteiger partial charge on any atom is 0.273 e. The topological polar surface area (TPSA) is 62.2 Å². The third-order valence-corrected chi connectivity index (χ3v) is 2.90. The first-order valence-electron chi connectivity index (χ1n) is 5.33. The summed E-state index contributed by atoms with van der Waals surface area (Å²) >= 11 is 3.34. The maximum atomic E-state index is 11.8. The number of carbonyl (C=O) groups excluding carboxylic acids is 1. The molecule has 0 radical (unpaired) electrons. The number of halogens is 1. The Morgan fingerprint density at radius 3 is 2.67 bits per heavy atom. The van der Waals surface area contributed by atoms with Crippen molar-refractivity contribution in [1.82, 2.24) is 10.3 Å². The number of carbonyl (C=O) groups is 1. The molecule has 1 aromatic heterocycles. The van der Waals surface area contributed by atoms with Crippen LogP contribution in [0.25, 0.3) is 0 Å². The van der Waals surface area contributed by atoms with Crippen molar-refractivity contribution >= 4 is 21.8 Å². The number of nitrogens with one attached hydrogen (secondary N) is 1. The number of benzene rings is 1. The molecule has 18 heavy (non-hydrogen) atoms. The van der Waals surface area contributed by atoms with Crippen molar-refractivity contribution < 1.29 is 9.90 Å². The van der Waals surface area contributed by atoms with Crippen LogP contribution in [0.2, 0.25) is 0 Å². The highest BCUT2D eigenvalue weighted by Gasteiger charge is 2.11. The van der Waals surface area contributed by atoms with E-state index in [1.165, 1.54) is 12.3 Å². The van der Waals surface area contributed by atoms with Crippen molar-refractivity contribution in [2.24, 2.45) is 0 Å². The summed E-state index contributed by atoms with van der Waals surface area (Å²) in [6, 6.07) is 10.6. The van der Waals surface area contributed by atoms with Crippen molar-refractivity contribution in [2.75, 3.05) is 0 Å². The van der Waals surface area contributed by atoms with Gasteiger partial charge in [-0.05, 0) is 29.8 Å². The first kappa shape index (κ1) is 12.6. The fourth-order valence-electron chi connectivity index (χ4n) is 1.44. The number of rotatable bonds is 3. The Kier molecular flexibility index (Phi) is 3.94. The van der Waals surface area contributed by atoms with Crippen LogP contribution in [0.4, 0.5) is 0 Å². The molecule has 1 heterocycles. The normalized spacial score (nSPS) is 10.1. The SMILES string of the molecule is O=C(NCc1ccc(Br)cc1)c1ncccc1O. The van der Waals surface area contributed by atoms with Gasteiger partial charge >= 0.3 is 0 Å². The van der Waals surface area contributed by atoms with Gasteiger partial charge in [-0.3, -0.25) is 4.79 Å². The highest BCUT2D eigenvalue weighted by atomic mass is 79.9. The molecule has 0 aliphatic carbocycles. The molecule has 0 aliphatic rings. The zero-order valence-corrected chi connectivity index (χ0v) is 11.0. The number of nitrogens with zero attached hydrogens (tertiary/aromatic N) is 1. The summed E-state index contributed by atoms with van der Waals surface area (Å²) in [5.74, 6) is -0.512. The first-order chi connectivity index (χ1) is 8.66. The second-order valence-corrected chi connectivity index (χ2v) is 4.60. The number of aromatic nitrogens is 1. The van der Waals surface area contributed by atoms with Crippen LogP contribution >= 0.6 is 15.9 Å². The fraction of sp³-hybridized carbons (Fsp3) is 0.0769. The van der Waals surface area contributed by atoms with Gasteiger partial charge in [0, 0.05) is 17.2 Å². The van der Waals surface area contributed by atoms with E-state index in [2.05, 4.69) is 26.2 Å². The summed E-state index contributed by atoms with van der Waals surface area (Å²) in [6.45, 7) is 0.391. The molecule has 0 fully saturated rings. The van der Waals surface area contributed by atoms with E-state index in [9.17, 15) is 9.90 Å². The van der Waals surface area contributed by atoms with Gasteiger partial charge in [0.2, 0.25) is 0 Å². The Bertz CT molecular complexity index is 555. The van der Waals surface area contributed by atoms with E-state index in [0.717, 1.165) is 10.0 Å². The first-order valence-corrected chi connectivity index (χ1v) is 6.13. The number of hydrogen-bond donors (Lipinski definition) is 2. The average Bonchev–Trinajstić information content (AvgIpc) is 2.38. The summed E-state index contributed by atoms with van der Waals surface area (Å²) in [5.41, 5.74) is 1.01. The van der Waals surface area contributed by atoms with E-state index in [1.54, 1.807) is 6.07 Å². The molecule has 1 aromatic carbocycles. The summed E-state index contributed by atoms with van der Waals surface area (Å²) in [6.07, 6.45) is 1.47. The van der Waals surface area contributed by atoms with Crippen molar-refractivity contribution in [3.8, 4) is 5.75 Å². The van der Waals surface area contributed by atoms with Gasteiger partial charge in [0.1, 0.15) is 5.75 Å². The van der Waals surface area contributed by atoms with Crippen LogP contribution in [0.3, 0.4) is 0 Å². The lowest BCUT2D eigenvalue weighted by molar-refractivity contribution is 0.0943. The largest absolute Gasteiger partial charge is 0.505 e. The third kappa shape index (κ3) is 3.07. The Labute approximate surface area is 113 Å². The second-order valence-electron chi connectivity index (χ2n) is 3.68. The van der Waals surface area contributed by atoms with Gasteiger partial charge in [0.25, 0.3) is 5.91 Å². The molecule has 0 spiro atoms. The van der Waals surface area contributed by atoms with Crippen molar-refractivity contribution in [3.63, 3.8) is 0 Å². The highest BCUT2D eigenvalue weighted by Crippen LogP contribution is 2.13. The summed E-state index contributed by atoms with van der Waals surface area (Å²) in [4.78, 5) is 15.6. The van der Waals surface area contributed by atoms with E-state index in [1.807, 2.05) is 24.3 Å². The Hall–Kier alpha value is -1.88. The molecule has 0 atom stereocenters. The van der Waals surface area contributed by atoms with E-state index in [-0.39, 0.29) is 11.4 Å². The van der Waals surface area contributed by atoms with Crippen LogP contribution in [0.1, 0.15) is 16.1 Å². The van der Waals surface area contributed by atoms with E-state index in [0.29, 0.717) is 6.54 Å². The van der Waals surface area contributed by atoms with E-state index in [4.69, 9.17) is 0 Å². The molecule has 2 N–H and O–H groups in total. The summed E-state index contributed by atoms with van der Waals surface area (Å²) in [5, 5.41) is 12.2. The molecule has 2 aromatic rings. The quantitative estimate of drug-likeness (QED) is 0.916. The molecule has 4 nitrogen and oxygen atoms in total. The smallest absolute Gasteiger partial charge is 0.273 e. The predicted octanol–water partition coefficient (Wildman–Crippen LogP) is 2.48. The molecule has 2 rings (SSSR count). The number of aromatic hydroxyl groups is 1. The summed E-state index contributed by atoms with van der Waals surface area (Å²) < 4.78 is 0.986. The predicted molar refractivity (Wildman–Crippen MR) is 71.2 cm³/mol. The van der Waals surface area contributed by atoms with Gasteiger partial charge in [-0.25, -0.2) is 4.98 Å². The van der Waals surface area contributed by atoms with E-state index < -0.39 is 5.91 Å². The van der Waals surface area contributed by atoms with Gasteiger partial charge in [-0.1, -0.05) is 28.1 Å². The Morgan fingerprint density at radius 1 is 1.28 bits per heavy atom. The second kappa shape index (κ2) is 5.64. The minimum atomic E-state index is -0.393. The van der Waals surface area contributed by atoms with Crippen molar-refractivity contribution in [2.45, 2.75) is 6.54 Å². The zero-order chi connectivity index (χ0) is 13.0. The van der Waals surface area contributed by atoms with Crippen molar-refractivity contribution in [1.29, 1.82) is 0 Å². The highest BCUT2D eigenvalue weighted by molar-refractivity contribution is 9.10. The number of hydrogen-bond acceptors (Lipinski definition) is 3. The molecular formula is C13H11BrN2O2. The lowest BCUT2D eigenvalue weighted by atomic mass is 10.2. The van der Waals surface area contributed by atoms with Crippen LogP contribution in [0, 0.1) is 0 Å². The van der Waals surface area contributed by atoms with Crippen LogP contribution in [-0.4, -0.2) is 16.0 Å². The van der Waals surface area contributed by atoms with Gasteiger partial charge in [0.05, 0.1) is 0 Å². The third-order valence-electron chi connectivity index (χ3n) is 2.37. The van der Waals surface area contributed by atoms with E-state index >= 15 is 0 Å². The number of pyridine rings is 1. The molecule has 1 amide bonds. The Balaban J connectivity index is 2.01. The summed E-state index contributed by atoms with van der Waals surface area (Å²) in [7, 11) is 0. The molecule has 0 bridgehead atoms. The van der Waals surface area contributed by atoms with Crippen LogP contribution in [-0.2, 0) is 6.54 Å². The molecule has 5 heteroatoms. The molecule has 92 valence electrons. The van der Waals surface area contributed by atoms with Gasteiger partial charge < -0.3 is 10.4 Å². The lowest BCUT2D eigenvalue weighted by Gasteiger charge is -2.06. The lowest BCUT2D eigenvalue weighted by Crippen LogP contribution is -2.23. The minimum absolute atomic E-state index is 0.0367. The molecule has 0 saturated heterocycles. The monoisotopic (exact) mass is 306 g/mol. The van der Waals surface area contributed by atoms with Crippen LogP contribution < -0.4 is 5.32 Å². The molecule has 0 aliphatic heterocycles. The molecular weight excluding hydrogens is 296 g/mol. The molecule has 0 saturated carbocycles. The molecule has 0 unspecified atom stereocenters. The zero-order valence-electron chi connectivity index (χ0n) is 9.43. The van der Waals surface area contributed by atoms with Crippen LogP contribution in [0.15, 0.2) is 47.1 Å². The number of amides is 1. The maximum absolute atomic E-state index is 11.8. The van der Waals surface area contributed by atoms with Gasteiger partial charge in [-0.2, -0.15) is 0 Å². The average molecular weight is 307 g/mol. The standard InChI is InChI=1S/C13H11BrN2O2/c14-10-5-3-9(4-6-10)8-16-13(18)12-11(17)2-1-7-15-12/h1-7,17H,8H2,(H,16,18). The fourth-order valence-corrected chi connectivity index (χ4v) is 1.70. The van der Waals surface area contributed by atoms with Gasteiger partial charge in [0.15, 0.2) is 5.69 Å². The minimum Gasteiger partial charge on any atom is -0.505 e.